The number of halogens is 1. The Morgan fingerprint density at radius 3 is 2.67 bits per heavy atom. The summed E-state index contributed by atoms with van der Waals surface area (Å²) < 4.78 is 1.42. The van der Waals surface area contributed by atoms with Crippen LogP contribution in [-0.4, -0.2) is 9.55 Å². The molecule has 0 aliphatic heterocycles. The summed E-state index contributed by atoms with van der Waals surface area (Å²) in [6.07, 6.45) is 2.95. The average Bonchev–Trinajstić information content (AvgIpc) is 1.77. The van der Waals surface area contributed by atoms with Crippen molar-refractivity contribution in [2.24, 2.45) is 7.05 Å². The van der Waals surface area contributed by atoms with E-state index in [1.165, 1.54) is 23.2 Å². The highest BCUT2D eigenvalue weighted by molar-refractivity contribution is 5.85. The van der Waals surface area contributed by atoms with Crippen LogP contribution in [0.4, 0.5) is 0 Å². The van der Waals surface area contributed by atoms with E-state index < -0.39 is 0 Å². The normalized spacial score (nSPS) is 8.11. The summed E-state index contributed by atoms with van der Waals surface area (Å²) in [5.74, 6) is 0. The Balaban J connectivity index is 0.000000640. The van der Waals surface area contributed by atoms with E-state index in [9.17, 15) is 4.79 Å². The molecule has 9 heavy (non-hydrogen) atoms. The van der Waals surface area contributed by atoms with Crippen LogP contribution in [0.3, 0.4) is 0 Å². The van der Waals surface area contributed by atoms with Crippen molar-refractivity contribution in [3.05, 3.63) is 28.9 Å². The molecule has 0 aliphatic rings. The Hall–Kier alpha value is -0.830. The lowest BCUT2D eigenvalue weighted by Gasteiger charge is -1.88. The largest absolute Gasteiger partial charge is 0.302 e. The number of nitrogens with zero attached hydrogens (tertiary/aromatic N) is 2. The van der Waals surface area contributed by atoms with E-state index in [1.807, 2.05) is 0 Å². The van der Waals surface area contributed by atoms with Crippen molar-refractivity contribution in [2.75, 3.05) is 0 Å². The maximum atomic E-state index is 10.5. The lowest BCUT2D eigenvalue weighted by Crippen LogP contribution is -2.13. The number of rotatable bonds is 0. The van der Waals surface area contributed by atoms with Gasteiger partial charge in [-0.1, -0.05) is 0 Å². The molecule has 0 bridgehead atoms. The first kappa shape index (κ1) is 8.17. The van der Waals surface area contributed by atoms with Gasteiger partial charge in [0.2, 0.25) is 0 Å². The molecule has 1 heterocycles. The molecule has 0 atom stereocenters. The first-order valence-corrected chi connectivity index (χ1v) is 2.27. The molecule has 0 N–H and O–H groups in total. The first-order valence-electron chi connectivity index (χ1n) is 2.27. The van der Waals surface area contributed by atoms with Crippen molar-refractivity contribution in [1.82, 2.24) is 9.55 Å². The highest BCUT2D eigenvalue weighted by Gasteiger charge is 1.80. The topological polar surface area (TPSA) is 34.9 Å². The van der Waals surface area contributed by atoms with Gasteiger partial charge in [-0.05, 0) is 0 Å². The molecule has 3 nitrogen and oxygen atoms in total. The Morgan fingerprint density at radius 2 is 2.33 bits per heavy atom. The quantitative estimate of drug-likeness (QED) is 0.524. The van der Waals surface area contributed by atoms with Crippen LogP contribution >= 0.6 is 12.4 Å². The fourth-order valence-electron chi connectivity index (χ4n) is 0.420. The van der Waals surface area contributed by atoms with Gasteiger partial charge in [0.15, 0.2) is 0 Å². The van der Waals surface area contributed by atoms with Gasteiger partial charge in [0.05, 0.1) is 6.33 Å². The predicted octanol–water partition coefficient (Wildman–Crippen LogP) is 0.202. The van der Waals surface area contributed by atoms with E-state index in [-0.39, 0.29) is 18.0 Å². The minimum Gasteiger partial charge on any atom is -0.302 e. The Labute approximate surface area is 58.8 Å². The molecule has 1 rings (SSSR count). The third-order valence-electron chi connectivity index (χ3n) is 0.891. The zero-order valence-corrected chi connectivity index (χ0v) is 5.76. The smallest absolute Gasteiger partial charge is 0.252 e. The van der Waals surface area contributed by atoms with Gasteiger partial charge in [0.25, 0.3) is 5.56 Å². The summed E-state index contributed by atoms with van der Waals surface area (Å²) >= 11 is 0. The SMILES string of the molecule is Cl.Cn1cnccc1=O. The maximum Gasteiger partial charge on any atom is 0.252 e. The van der Waals surface area contributed by atoms with Gasteiger partial charge in [0.1, 0.15) is 0 Å². The number of aromatic nitrogens is 2. The Morgan fingerprint density at radius 1 is 1.67 bits per heavy atom. The van der Waals surface area contributed by atoms with Crippen LogP contribution < -0.4 is 5.56 Å². The molecule has 0 aliphatic carbocycles. The highest BCUT2D eigenvalue weighted by Crippen LogP contribution is 1.65. The number of hydrogen-bond donors (Lipinski definition) is 0. The van der Waals surface area contributed by atoms with E-state index in [0.29, 0.717) is 0 Å². The molecule has 0 saturated heterocycles. The monoisotopic (exact) mass is 146 g/mol. The van der Waals surface area contributed by atoms with Crippen LogP contribution in [0.25, 0.3) is 0 Å². The highest BCUT2D eigenvalue weighted by atomic mass is 35.5. The van der Waals surface area contributed by atoms with E-state index in [0.717, 1.165) is 0 Å². The van der Waals surface area contributed by atoms with Crippen LogP contribution in [0.1, 0.15) is 0 Å². The van der Waals surface area contributed by atoms with Crippen molar-refractivity contribution in [1.29, 1.82) is 0 Å². The number of aryl methyl sites for hydroxylation is 1. The summed E-state index contributed by atoms with van der Waals surface area (Å²) in [6.45, 7) is 0. The lowest BCUT2D eigenvalue weighted by atomic mass is 10.6. The summed E-state index contributed by atoms with van der Waals surface area (Å²) in [6, 6.07) is 1.42. The minimum atomic E-state index is -0.0278. The predicted molar refractivity (Wildman–Crippen MR) is 36.7 cm³/mol. The van der Waals surface area contributed by atoms with Crippen molar-refractivity contribution >= 4 is 12.4 Å². The molecule has 0 radical (unpaired) electrons. The Kier molecular flexibility index (Phi) is 2.95. The molecule has 50 valence electrons. The van der Waals surface area contributed by atoms with Crippen LogP contribution in [0.15, 0.2) is 23.4 Å². The van der Waals surface area contributed by atoms with Crippen LogP contribution in [-0.2, 0) is 7.05 Å². The van der Waals surface area contributed by atoms with E-state index >= 15 is 0 Å². The third-order valence-corrected chi connectivity index (χ3v) is 0.891. The van der Waals surface area contributed by atoms with Crippen LogP contribution in [0.5, 0.6) is 0 Å². The molecule has 0 amide bonds. The van der Waals surface area contributed by atoms with Gasteiger partial charge in [-0.25, -0.2) is 4.98 Å². The average molecular weight is 147 g/mol. The maximum absolute atomic E-state index is 10.5. The molecule has 4 heteroatoms. The van der Waals surface area contributed by atoms with Gasteiger partial charge in [-0.3, -0.25) is 4.79 Å². The third kappa shape index (κ3) is 1.85. The molecular weight excluding hydrogens is 140 g/mol. The summed E-state index contributed by atoms with van der Waals surface area (Å²) in [4.78, 5) is 14.2. The number of hydrogen-bond acceptors (Lipinski definition) is 2. The molecule has 0 aromatic carbocycles. The molecular formula is C5H7ClN2O. The summed E-state index contributed by atoms with van der Waals surface area (Å²) in [5.41, 5.74) is -0.0278. The zero-order chi connectivity index (χ0) is 5.98. The van der Waals surface area contributed by atoms with Gasteiger partial charge in [0, 0.05) is 19.3 Å². The lowest BCUT2D eigenvalue weighted by molar-refractivity contribution is 0.824. The fourth-order valence-corrected chi connectivity index (χ4v) is 0.420. The molecule has 0 spiro atoms. The van der Waals surface area contributed by atoms with Crippen molar-refractivity contribution in [2.45, 2.75) is 0 Å². The standard InChI is InChI=1S/C5H6N2O.ClH/c1-7-4-6-3-2-5(7)8;/h2-4H,1H3;1H. The van der Waals surface area contributed by atoms with Crippen molar-refractivity contribution in [3.63, 3.8) is 0 Å². The summed E-state index contributed by atoms with van der Waals surface area (Å²) in [5, 5.41) is 0. The van der Waals surface area contributed by atoms with E-state index in [1.54, 1.807) is 7.05 Å². The summed E-state index contributed by atoms with van der Waals surface area (Å²) in [7, 11) is 1.66. The van der Waals surface area contributed by atoms with Crippen LogP contribution in [0, 0.1) is 0 Å². The van der Waals surface area contributed by atoms with Gasteiger partial charge < -0.3 is 4.57 Å². The molecule has 0 unspecified atom stereocenters. The van der Waals surface area contributed by atoms with Crippen molar-refractivity contribution in [3.8, 4) is 0 Å². The molecule has 1 aromatic rings. The minimum absolute atomic E-state index is 0. The molecule has 0 fully saturated rings. The Bertz CT molecular complexity index is 232. The second kappa shape index (κ2) is 3.25. The van der Waals surface area contributed by atoms with Gasteiger partial charge in [-0.2, -0.15) is 0 Å². The first-order chi connectivity index (χ1) is 3.80. The second-order valence-corrected chi connectivity index (χ2v) is 1.53. The van der Waals surface area contributed by atoms with Crippen molar-refractivity contribution < 1.29 is 0 Å². The second-order valence-electron chi connectivity index (χ2n) is 1.53. The fraction of sp³-hybridized carbons (Fsp3) is 0.200. The van der Waals surface area contributed by atoms with E-state index in [4.69, 9.17) is 0 Å². The molecule has 1 aromatic heterocycles. The van der Waals surface area contributed by atoms with Gasteiger partial charge >= 0.3 is 0 Å². The zero-order valence-electron chi connectivity index (χ0n) is 4.94. The van der Waals surface area contributed by atoms with E-state index in [2.05, 4.69) is 4.98 Å². The van der Waals surface area contributed by atoms with Gasteiger partial charge in [-0.15, -0.1) is 12.4 Å². The molecule has 0 saturated carbocycles. The van der Waals surface area contributed by atoms with Crippen LogP contribution in [0.2, 0.25) is 0 Å².